The lowest BCUT2D eigenvalue weighted by Crippen LogP contribution is -2.46. The monoisotopic (exact) mass is 302 g/mol. The molecule has 0 bridgehead atoms. The van der Waals surface area contributed by atoms with Crippen molar-refractivity contribution >= 4 is 23.0 Å². The van der Waals surface area contributed by atoms with Crippen LogP contribution < -0.4 is 10.6 Å². The van der Waals surface area contributed by atoms with Gasteiger partial charge in [-0.3, -0.25) is 9.88 Å². The van der Waals surface area contributed by atoms with E-state index in [0.717, 1.165) is 38.4 Å². The van der Waals surface area contributed by atoms with Crippen LogP contribution in [0.4, 0.5) is 11.4 Å². The van der Waals surface area contributed by atoms with Gasteiger partial charge in [0, 0.05) is 38.9 Å². The Balaban J connectivity index is 1.63. The van der Waals surface area contributed by atoms with E-state index in [1.165, 1.54) is 5.56 Å². The fraction of sp³-hybridized carbons (Fsp3) is 0.312. The molecule has 1 aliphatic heterocycles. The van der Waals surface area contributed by atoms with Crippen LogP contribution in [-0.4, -0.2) is 36.1 Å². The van der Waals surface area contributed by atoms with E-state index >= 15 is 0 Å². The Labute approximate surface area is 130 Å². The zero-order chi connectivity index (χ0) is 14.7. The van der Waals surface area contributed by atoms with Crippen molar-refractivity contribution in [3.8, 4) is 0 Å². The molecule has 1 aromatic carbocycles. The van der Waals surface area contributed by atoms with Gasteiger partial charge in [-0.25, -0.2) is 0 Å². The molecule has 5 heteroatoms. The summed E-state index contributed by atoms with van der Waals surface area (Å²) in [6, 6.07) is 10.6. The highest BCUT2D eigenvalue weighted by Crippen LogP contribution is 2.31. The number of nitrogen functional groups attached to an aromatic ring is 1. The molecule has 2 N–H and O–H groups in total. The predicted molar refractivity (Wildman–Crippen MR) is 87.6 cm³/mol. The van der Waals surface area contributed by atoms with Crippen molar-refractivity contribution in [2.45, 2.75) is 6.54 Å². The first-order valence-electron chi connectivity index (χ1n) is 7.14. The third-order valence-electron chi connectivity index (χ3n) is 3.84. The van der Waals surface area contributed by atoms with E-state index in [9.17, 15) is 0 Å². The molecule has 1 aromatic heterocycles. The number of aromatic nitrogens is 1. The highest BCUT2D eigenvalue weighted by atomic mass is 35.5. The van der Waals surface area contributed by atoms with Crippen LogP contribution in [0.2, 0.25) is 5.02 Å². The number of rotatable bonds is 3. The maximum Gasteiger partial charge on any atom is 0.0843 e. The van der Waals surface area contributed by atoms with Gasteiger partial charge in [-0.05, 0) is 5.56 Å². The van der Waals surface area contributed by atoms with Crippen molar-refractivity contribution in [3.63, 3.8) is 0 Å². The SMILES string of the molecule is Nc1cncc(Cl)c1N1CCN(Cc2ccccc2)CC1. The molecule has 110 valence electrons. The molecule has 2 aromatic rings. The lowest BCUT2D eigenvalue weighted by molar-refractivity contribution is 0.250. The number of nitrogens with zero attached hydrogens (tertiary/aromatic N) is 3. The summed E-state index contributed by atoms with van der Waals surface area (Å²) in [5, 5.41) is 0.631. The zero-order valence-electron chi connectivity index (χ0n) is 11.9. The molecule has 2 heterocycles. The molecule has 1 fully saturated rings. The molecule has 0 amide bonds. The summed E-state index contributed by atoms with van der Waals surface area (Å²) in [5.74, 6) is 0. The molecule has 21 heavy (non-hydrogen) atoms. The highest BCUT2D eigenvalue weighted by Gasteiger charge is 2.20. The molecule has 4 nitrogen and oxygen atoms in total. The van der Waals surface area contributed by atoms with E-state index in [0.29, 0.717) is 10.7 Å². The number of benzene rings is 1. The Kier molecular flexibility index (Phi) is 4.27. The van der Waals surface area contributed by atoms with Gasteiger partial charge in [-0.1, -0.05) is 41.9 Å². The van der Waals surface area contributed by atoms with Crippen molar-refractivity contribution in [3.05, 3.63) is 53.3 Å². The first-order chi connectivity index (χ1) is 10.2. The first-order valence-corrected chi connectivity index (χ1v) is 7.52. The van der Waals surface area contributed by atoms with Crippen molar-refractivity contribution in [1.29, 1.82) is 0 Å². The maximum atomic E-state index is 6.23. The molecular weight excluding hydrogens is 284 g/mol. The van der Waals surface area contributed by atoms with Gasteiger partial charge in [-0.2, -0.15) is 0 Å². The topological polar surface area (TPSA) is 45.4 Å². The Morgan fingerprint density at radius 3 is 2.43 bits per heavy atom. The zero-order valence-corrected chi connectivity index (χ0v) is 12.6. The molecule has 3 rings (SSSR count). The summed E-state index contributed by atoms with van der Waals surface area (Å²) in [6.07, 6.45) is 3.32. The second-order valence-electron chi connectivity index (χ2n) is 5.31. The highest BCUT2D eigenvalue weighted by molar-refractivity contribution is 6.33. The summed E-state index contributed by atoms with van der Waals surface area (Å²) in [4.78, 5) is 8.72. The van der Waals surface area contributed by atoms with Gasteiger partial charge in [-0.15, -0.1) is 0 Å². The third-order valence-corrected chi connectivity index (χ3v) is 4.12. The van der Waals surface area contributed by atoms with E-state index in [4.69, 9.17) is 17.3 Å². The van der Waals surface area contributed by atoms with E-state index in [2.05, 4.69) is 45.1 Å². The second-order valence-corrected chi connectivity index (χ2v) is 5.72. The van der Waals surface area contributed by atoms with Gasteiger partial charge in [0.25, 0.3) is 0 Å². The quantitative estimate of drug-likeness (QED) is 0.947. The number of hydrogen-bond donors (Lipinski definition) is 1. The van der Waals surface area contributed by atoms with Crippen LogP contribution >= 0.6 is 11.6 Å². The third kappa shape index (κ3) is 3.28. The van der Waals surface area contributed by atoms with Gasteiger partial charge >= 0.3 is 0 Å². The van der Waals surface area contributed by atoms with Crippen LogP contribution in [0.5, 0.6) is 0 Å². The van der Waals surface area contributed by atoms with Crippen molar-refractivity contribution in [2.75, 3.05) is 36.8 Å². The van der Waals surface area contributed by atoms with Crippen LogP contribution in [0.15, 0.2) is 42.7 Å². The number of halogens is 1. The number of nitrogens with two attached hydrogens (primary N) is 1. The van der Waals surface area contributed by atoms with Crippen molar-refractivity contribution < 1.29 is 0 Å². The van der Waals surface area contributed by atoms with E-state index in [1.54, 1.807) is 12.4 Å². The van der Waals surface area contributed by atoms with E-state index in [1.807, 2.05) is 0 Å². The minimum absolute atomic E-state index is 0.631. The molecule has 1 aliphatic rings. The molecule has 0 saturated carbocycles. The second kappa shape index (κ2) is 6.33. The van der Waals surface area contributed by atoms with Crippen LogP contribution in [0.1, 0.15) is 5.56 Å². The fourth-order valence-electron chi connectivity index (χ4n) is 2.75. The van der Waals surface area contributed by atoms with Gasteiger partial charge < -0.3 is 10.6 Å². The Hall–Kier alpha value is -1.78. The number of anilines is 2. The van der Waals surface area contributed by atoms with E-state index < -0.39 is 0 Å². The normalized spacial score (nSPS) is 16.1. The summed E-state index contributed by atoms with van der Waals surface area (Å²) in [5.41, 5.74) is 8.94. The first kappa shape index (κ1) is 14.2. The predicted octanol–water partition coefficient (Wildman–Crippen LogP) is 2.64. The van der Waals surface area contributed by atoms with E-state index in [-0.39, 0.29) is 0 Å². The maximum absolute atomic E-state index is 6.23. The Morgan fingerprint density at radius 1 is 1.05 bits per heavy atom. The minimum Gasteiger partial charge on any atom is -0.396 e. The van der Waals surface area contributed by atoms with Gasteiger partial charge in [0.2, 0.25) is 0 Å². The number of hydrogen-bond acceptors (Lipinski definition) is 4. The lowest BCUT2D eigenvalue weighted by atomic mass is 10.2. The van der Waals surface area contributed by atoms with Crippen LogP contribution in [0.3, 0.4) is 0 Å². The number of piperazine rings is 1. The lowest BCUT2D eigenvalue weighted by Gasteiger charge is -2.36. The van der Waals surface area contributed by atoms with Crippen LogP contribution in [-0.2, 0) is 6.54 Å². The smallest absolute Gasteiger partial charge is 0.0843 e. The molecule has 0 unspecified atom stereocenters. The van der Waals surface area contributed by atoms with Gasteiger partial charge in [0.1, 0.15) is 0 Å². The Bertz CT molecular complexity index is 574. The number of pyridine rings is 1. The van der Waals surface area contributed by atoms with Crippen LogP contribution in [0, 0.1) is 0 Å². The average molecular weight is 303 g/mol. The van der Waals surface area contributed by atoms with Gasteiger partial charge in [0.05, 0.1) is 22.6 Å². The van der Waals surface area contributed by atoms with Crippen molar-refractivity contribution in [1.82, 2.24) is 9.88 Å². The van der Waals surface area contributed by atoms with Crippen molar-refractivity contribution in [2.24, 2.45) is 0 Å². The largest absolute Gasteiger partial charge is 0.396 e. The molecule has 0 spiro atoms. The molecule has 0 radical (unpaired) electrons. The summed E-state index contributed by atoms with van der Waals surface area (Å²) >= 11 is 6.23. The average Bonchev–Trinajstić information content (AvgIpc) is 2.50. The molecule has 0 aliphatic carbocycles. The summed E-state index contributed by atoms with van der Waals surface area (Å²) < 4.78 is 0. The molecular formula is C16H19ClN4. The molecule has 0 atom stereocenters. The standard InChI is InChI=1S/C16H19ClN4/c17-14-10-19-11-15(18)16(14)21-8-6-20(7-9-21)12-13-4-2-1-3-5-13/h1-5,10-11H,6-9,12,18H2. The summed E-state index contributed by atoms with van der Waals surface area (Å²) in [7, 11) is 0. The molecule has 1 saturated heterocycles. The van der Waals surface area contributed by atoms with Crippen LogP contribution in [0.25, 0.3) is 0 Å². The summed E-state index contributed by atoms with van der Waals surface area (Å²) in [6.45, 7) is 4.87. The Morgan fingerprint density at radius 2 is 1.76 bits per heavy atom. The fourth-order valence-corrected chi connectivity index (χ4v) is 3.03. The van der Waals surface area contributed by atoms with Gasteiger partial charge in [0.15, 0.2) is 0 Å². The minimum atomic E-state index is 0.631.